The molecule has 0 aliphatic rings. The summed E-state index contributed by atoms with van der Waals surface area (Å²) in [5, 5.41) is 0.576. The summed E-state index contributed by atoms with van der Waals surface area (Å²) in [7, 11) is -3.04. The van der Waals surface area contributed by atoms with Gasteiger partial charge in [0.25, 0.3) is 0 Å². The average Bonchev–Trinajstić information content (AvgIpc) is 3.08. The predicted molar refractivity (Wildman–Crippen MR) is 226 cm³/mol. The van der Waals surface area contributed by atoms with Crippen molar-refractivity contribution < 1.29 is 22.5 Å². The van der Waals surface area contributed by atoms with Crippen molar-refractivity contribution in [2.75, 3.05) is 6.26 Å². The Morgan fingerprint density at radius 2 is 1.33 bits per heavy atom. The van der Waals surface area contributed by atoms with Gasteiger partial charge in [0, 0.05) is 44.3 Å². The number of nitrogens with zero attached hydrogens (tertiary/aromatic N) is 2. The van der Waals surface area contributed by atoms with Crippen molar-refractivity contribution in [3.8, 4) is 22.3 Å². The smallest absolute Gasteiger partial charge is 0.442 e. The zero-order valence-corrected chi connectivity index (χ0v) is 35.7. The molecule has 4 aromatic carbocycles. The van der Waals surface area contributed by atoms with Crippen LogP contribution in [-0.2, 0) is 19.9 Å². The molecule has 0 radical (unpaired) electrons. The van der Waals surface area contributed by atoms with E-state index in [1.54, 1.807) is 75.4 Å². The lowest BCUT2D eigenvalue weighted by atomic mass is 9.85. The molecule has 0 saturated carbocycles. The van der Waals surface area contributed by atoms with E-state index in [-0.39, 0.29) is 23.0 Å². The Morgan fingerprint density at radius 3 is 1.89 bits per heavy atom. The molecule has 5 rings (SSSR count). The van der Waals surface area contributed by atoms with Crippen LogP contribution in [0.2, 0.25) is 5.02 Å². The zero-order valence-electron chi connectivity index (χ0n) is 34.1. The van der Waals surface area contributed by atoms with Crippen molar-refractivity contribution >= 4 is 27.4 Å². The Kier molecular flexibility index (Phi) is 15.5. The second kappa shape index (κ2) is 19.0. The third-order valence-corrected chi connectivity index (χ3v) is 10.3. The molecule has 0 fully saturated rings. The van der Waals surface area contributed by atoms with Crippen molar-refractivity contribution in [1.29, 1.82) is 0 Å². The molecule has 0 aliphatic heterocycles. The fraction of sp³-hybridized carbons (Fsp3) is 0.348. The van der Waals surface area contributed by atoms with E-state index >= 15 is 4.39 Å². The quantitative estimate of drug-likeness (QED) is 0.178. The van der Waals surface area contributed by atoms with Gasteiger partial charge in [-0.3, -0.25) is 4.98 Å². The summed E-state index contributed by atoms with van der Waals surface area (Å²) in [6.45, 7) is 21.3. The van der Waals surface area contributed by atoms with Crippen LogP contribution in [-0.4, -0.2) is 27.1 Å². The van der Waals surface area contributed by atoms with Crippen molar-refractivity contribution in [3.05, 3.63) is 142 Å². The minimum Gasteiger partial charge on any atom is -0.442 e. The van der Waals surface area contributed by atoms with Gasteiger partial charge in [-0.1, -0.05) is 133 Å². The summed E-state index contributed by atoms with van der Waals surface area (Å²) in [5.74, 6) is 0.228. The van der Waals surface area contributed by atoms with Gasteiger partial charge in [0.2, 0.25) is 0 Å². The first-order valence-corrected chi connectivity index (χ1v) is 20.6. The van der Waals surface area contributed by atoms with Crippen molar-refractivity contribution in [2.24, 2.45) is 4.36 Å². The molecule has 1 heterocycles. The first-order valence-electron chi connectivity index (χ1n) is 18.3. The number of hydrogen-bond acceptors (Lipinski definition) is 4. The highest BCUT2D eigenvalue weighted by molar-refractivity contribution is 7.93. The lowest BCUT2D eigenvalue weighted by Gasteiger charge is -2.21. The van der Waals surface area contributed by atoms with Crippen LogP contribution in [0.15, 0.2) is 112 Å². The second-order valence-corrected chi connectivity index (χ2v) is 18.7. The van der Waals surface area contributed by atoms with Gasteiger partial charge in [-0.25, -0.2) is 17.8 Å². The topological polar surface area (TPSA) is 68.6 Å². The number of ether oxygens (including phenoxy) is 1. The fourth-order valence-electron chi connectivity index (χ4n) is 5.48. The first-order chi connectivity index (χ1) is 25.5. The number of amides is 1. The molecular weight excluding hydrogens is 734 g/mol. The van der Waals surface area contributed by atoms with E-state index in [0.717, 1.165) is 16.8 Å². The summed E-state index contributed by atoms with van der Waals surface area (Å²) in [6, 6.07) is 30.8. The Labute approximate surface area is 332 Å². The third-order valence-electron chi connectivity index (χ3n) is 8.35. The van der Waals surface area contributed by atoms with Gasteiger partial charge >= 0.3 is 6.09 Å². The lowest BCUT2D eigenvalue weighted by molar-refractivity contribution is 0.0607. The summed E-state index contributed by atoms with van der Waals surface area (Å²) >= 11 is 6.10. The summed E-state index contributed by atoms with van der Waals surface area (Å²) in [5.41, 5.74) is 4.85. The van der Waals surface area contributed by atoms with Gasteiger partial charge in [0.1, 0.15) is 17.2 Å². The largest absolute Gasteiger partial charge is 0.442 e. The summed E-state index contributed by atoms with van der Waals surface area (Å²) in [4.78, 5) is 16.7. The van der Waals surface area contributed by atoms with Crippen LogP contribution >= 0.6 is 11.6 Å². The number of rotatable bonds is 5. The minimum atomic E-state index is -3.04. The molecule has 5 aromatic rings. The highest BCUT2D eigenvalue weighted by atomic mass is 35.5. The van der Waals surface area contributed by atoms with Crippen molar-refractivity contribution in [3.63, 3.8) is 0 Å². The zero-order chi connectivity index (χ0) is 41.3. The normalized spacial score (nSPS) is 12.5. The molecular formula is C46H55ClF2N2O3S. The number of aromatic nitrogens is 1. The molecule has 0 spiro atoms. The van der Waals surface area contributed by atoms with Crippen LogP contribution in [0.4, 0.5) is 13.6 Å². The average molecular weight is 789 g/mol. The Morgan fingerprint density at radius 1 is 0.745 bits per heavy atom. The molecule has 55 heavy (non-hydrogen) atoms. The van der Waals surface area contributed by atoms with Gasteiger partial charge in [-0.05, 0) is 92.0 Å². The van der Waals surface area contributed by atoms with Gasteiger partial charge in [-0.2, -0.15) is 0 Å². The Balaban J connectivity index is 0.000000252. The number of hydrogen-bond donors (Lipinski definition) is 0. The van der Waals surface area contributed by atoms with Crippen molar-refractivity contribution in [2.45, 2.75) is 104 Å². The van der Waals surface area contributed by atoms with E-state index in [2.05, 4.69) is 35.3 Å². The van der Waals surface area contributed by atoms with E-state index in [1.807, 2.05) is 77.9 Å². The van der Waals surface area contributed by atoms with Crippen LogP contribution in [0.25, 0.3) is 22.3 Å². The van der Waals surface area contributed by atoms with Gasteiger partial charge in [-0.15, -0.1) is 4.36 Å². The number of pyridine rings is 1. The van der Waals surface area contributed by atoms with Gasteiger partial charge < -0.3 is 4.74 Å². The Bertz CT molecular complexity index is 2210. The lowest BCUT2D eigenvalue weighted by Crippen LogP contribution is -2.22. The molecule has 0 N–H and O–H groups in total. The standard InChI is InChI=1S/C22H28FNO3S.C15H14ClF.C9H13N/c1-21(2,3)18-13-9-12-17(19(18)23)15-10-8-11-16(14-15)28(7,26)24-20(25)27-22(4,5)6;1-10(2)11-7-5-8-13(15(11)17)12-6-3-4-9-14(12)16;1-7(2)9-6-4-5-8(3)10-9/h8-14H,1-7H3;3-10H,1-2H3;4-7H,1-3H3. The first kappa shape index (κ1) is 45.0. The number of carbonyl (C=O) groups excluding carboxylic acids is 1. The monoisotopic (exact) mass is 788 g/mol. The number of carbonyl (C=O) groups is 1. The molecule has 0 aliphatic carbocycles. The SMILES string of the molecule is CC(C)(C)OC(=O)N=S(C)(=O)c1cccc(-c2cccc(C(C)(C)C)c2F)c1.CC(C)c1cccc(-c2ccccc2Cl)c1F.Cc1cccc(C(C)C)n1. The van der Waals surface area contributed by atoms with Crippen LogP contribution in [0.5, 0.6) is 0 Å². The molecule has 5 nitrogen and oxygen atoms in total. The fourth-order valence-corrected chi connectivity index (χ4v) is 6.82. The van der Waals surface area contributed by atoms with E-state index in [9.17, 15) is 13.4 Å². The van der Waals surface area contributed by atoms with Crippen LogP contribution in [0, 0.1) is 18.6 Å². The number of halogens is 3. The van der Waals surface area contributed by atoms with E-state index in [4.69, 9.17) is 16.3 Å². The van der Waals surface area contributed by atoms with Crippen LogP contribution < -0.4 is 0 Å². The van der Waals surface area contributed by atoms with Crippen LogP contribution in [0.3, 0.4) is 0 Å². The molecule has 9 heteroatoms. The van der Waals surface area contributed by atoms with E-state index in [0.29, 0.717) is 38.1 Å². The molecule has 1 unspecified atom stereocenters. The molecule has 1 amide bonds. The minimum absolute atomic E-state index is 0.164. The number of benzene rings is 4. The molecule has 1 aromatic heterocycles. The second-order valence-electron chi connectivity index (χ2n) is 16.0. The maximum Gasteiger partial charge on any atom is 0.442 e. The van der Waals surface area contributed by atoms with Crippen molar-refractivity contribution in [1.82, 2.24) is 4.98 Å². The highest BCUT2D eigenvalue weighted by Gasteiger charge is 2.22. The molecule has 0 saturated heterocycles. The molecule has 294 valence electrons. The third kappa shape index (κ3) is 13.1. The van der Waals surface area contributed by atoms with E-state index in [1.165, 1.54) is 11.9 Å². The Hall–Kier alpha value is -4.40. The predicted octanol–water partition coefficient (Wildman–Crippen LogP) is 14.0. The van der Waals surface area contributed by atoms with Gasteiger partial charge in [0.05, 0.1) is 9.73 Å². The molecule has 0 bridgehead atoms. The maximum atomic E-state index is 15.1. The highest BCUT2D eigenvalue weighted by Crippen LogP contribution is 2.34. The van der Waals surface area contributed by atoms with E-state index < -0.39 is 21.4 Å². The van der Waals surface area contributed by atoms with Crippen LogP contribution in [0.1, 0.15) is 104 Å². The van der Waals surface area contributed by atoms with Gasteiger partial charge in [0.15, 0.2) is 0 Å². The maximum absolute atomic E-state index is 15.1. The summed E-state index contributed by atoms with van der Waals surface area (Å²) in [6.07, 6.45) is 0.490. The molecule has 1 atom stereocenters. The number of aryl methyl sites for hydroxylation is 1. The summed E-state index contributed by atoms with van der Waals surface area (Å²) < 4.78 is 51.3.